The summed E-state index contributed by atoms with van der Waals surface area (Å²) in [4.78, 5) is 4.54. The van der Waals surface area contributed by atoms with Gasteiger partial charge in [0.2, 0.25) is 0 Å². The van der Waals surface area contributed by atoms with Crippen molar-refractivity contribution in [3.63, 3.8) is 0 Å². The van der Waals surface area contributed by atoms with Crippen LogP contribution in [0.2, 0.25) is 19.6 Å². The lowest BCUT2D eigenvalue weighted by molar-refractivity contribution is 0.912. The molecular formula is C13H23NSi. The number of hydrogen-bond donors (Lipinski definition) is 0. The van der Waals surface area contributed by atoms with E-state index in [1.165, 1.54) is 18.5 Å². The molecule has 0 radical (unpaired) electrons. The van der Waals surface area contributed by atoms with E-state index in [1.807, 2.05) is 0 Å². The van der Waals surface area contributed by atoms with E-state index in [9.17, 15) is 0 Å². The molecule has 1 rings (SSSR count). The van der Waals surface area contributed by atoms with E-state index in [2.05, 4.69) is 50.7 Å². The fourth-order valence-corrected chi connectivity index (χ4v) is 3.50. The molecule has 1 aromatic rings. The number of pyridine rings is 1. The van der Waals surface area contributed by atoms with Crippen LogP contribution in [-0.4, -0.2) is 13.1 Å². The minimum Gasteiger partial charge on any atom is -0.261 e. The molecule has 0 amide bonds. The molecule has 1 nitrogen and oxygen atoms in total. The SMILES string of the molecule is CCCc1cc(CC)ncc1[Si](C)(C)C. The zero-order valence-electron chi connectivity index (χ0n) is 10.7. The molecular weight excluding hydrogens is 198 g/mol. The summed E-state index contributed by atoms with van der Waals surface area (Å²) in [6.45, 7) is 11.6. The summed E-state index contributed by atoms with van der Waals surface area (Å²) in [5.41, 5.74) is 2.78. The highest BCUT2D eigenvalue weighted by Gasteiger charge is 2.20. The first-order valence-corrected chi connectivity index (χ1v) is 9.47. The number of aromatic nitrogens is 1. The maximum Gasteiger partial charge on any atom is 0.0799 e. The molecule has 0 fully saturated rings. The fourth-order valence-electron chi connectivity index (χ4n) is 1.89. The van der Waals surface area contributed by atoms with Gasteiger partial charge in [-0.15, -0.1) is 0 Å². The van der Waals surface area contributed by atoms with Gasteiger partial charge in [-0.2, -0.15) is 0 Å². The van der Waals surface area contributed by atoms with Gasteiger partial charge in [0, 0.05) is 11.9 Å². The van der Waals surface area contributed by atoms with Crippen LogP contribution in [-0.2, 0) is 12.8 Å². The zero-order valence-corrected chi connectivity index (χ0v) is 11.7. The molecule has 2 heteroatoms. The minimum atomic E-state index is -1.21. The zero-order chi connectivity index (χ0) is 11.5. The third kappa shape index (κ3) is 3.16. The van der Waals surface area contributed by atoms with Crippen molar-refractivity contribution < 1.29 is 0 Å². The highest BCUT2D eigenvalue weighted by Crippen LogP contribution is 2.10. The monoisotopic (exact) mass is 221 g/mol. The predicted molar refractivity (Wildman–Crippen MR) is 70.6 cm³/mol. The highest BCUT2D eigenvalue weighted by molar-refractivity contribution is 6.89. The summed E-state index contributed by atoms with van der Waals surface area (Å²) in [6, 6.07) is 2.32. The fraction of sp³-hybridized carbons (Fsp3) is 0.615. The van der Waals surface area contributed by atoms with Crippen molar-refractivity contribution in [3.05, 3.63) is 23.5 Å². The van der Waals surface area contributed by atoms with Crippen molar-refractivity contribution in [2.75, 3.05) is 0 Å². The summed E-state index contributed by atoms with van der Waals surface area (Å²) in [5.74, 6) is 0. The molecule has 0 saturated heterocycles. The number of hydrogen-bond acceptors (Lipinski definition) is 1. The third-order valence-electron chi connectivity index (χ3n) is 2.74. The van der Waals surface area contributed by atoms with Crippen LogP contribution in [0.1, 0.15) is 31.5 Å². The van der Waals surface area contributed by atoms with Gasteiger partial charge in [-0.25, -0.2) is 0 Å². The standard InChI is InChI=1S/C13H23NSi/c1-6-8-11-9-12(7-2)14-10-13(11)15(3,4)5/h9-10H,6-8H2,1-5H3. The van der Waals surface area contributed by atoms with Gasteiger partial charge in [0.1, 0.15) is 0 Å². The highest BCUT2D eigenvalue weighted by atomic mass is 28.3. The number of nitrogens with zero attached hydrogens (tertiary/aromatic N) is 1. The van der Waals surface area contributed by atoms with Crippen molar-refractivity contribution in [1.82, 2.24) is 4.98 Å². The first-order valence-electron chi connectivity index (χ1n) is 5.97. The molecule has 1 heterocycles. The molecule has 0 N–H and O–H groups in total. The van der Waals surface area contributed by atoms with E-state index in [-0.39, 0.29) is 0 Å². The van der Waals surface area contributed by atoms with Gasteiger partial charge in [0.05, 0.1) is 8.07 Å². The second-order valence-corrected chi connectivity index (χ2v) is 10.2. The normalized spacial score (nSPS) is 11.8. The Bertz CT molecular complexity index is 326. The van der Waals surface area contributed by atoms with Crippen molar-refractivity contribution >= 4 is 13.3 Å². The van der Waals surface area contributed by atoms with E-state index < -0.39 is 8.07 Å². The van der Waals surface area contributed by atoms with Gasteiger partial charge in [0.15, 0.2) is 0 Å². The first kappa shape index (κ1) is 12.4. The Hall–Kier alpha value is -0.633. The van der Waals surface area contributed by atoms with Gasteiger partial charge in [-0.05, 0) is 29.7 Å². The van der Waals surface area contributed by atoms with Gasteiger partial charge in [-0.3, -0.25) is 4.98 Å². The summed E-state index contributed by atoms with van der Waals surface area (Å²) >= 11 is 0. The Kier molecular flexibility index (Phi) is 4.09. The average molecular weight is 221 g/mol. The lowest BCUT2D eigenvalue weighted by atomic mass is 10.1. The molecule has 0 unspecified atom stereocenters. The summed E-state index contributed by atoms with van der Waals surface area (Å²) in [6.07, 6.45) is 5.61. The van der Waals surface area contributed by atoms with Crippen LogP contribution >= 0.6 is 0 Å². The van der Waals surface area contributed by atoms with Crippen LogP contribution in [0.4, 0.5) is 0 Å². The van der Waals surface area contributed by atoms with Gasteiger partial charge in [-0.1, -0.05) is 39.9 Å². The van der Waals surface area contributed by atoms with Crippen LogP contribution in [0, 0.1) is 0 Å². The van der Waals surface area contributed by atoms with Crippen LogP contribution in [0.15, 0.2) is 12.3 Å². The van der Waals surface area contributed by atoms with E-state index >= 15 is 0 Å². The molecule has 84 valence electrons. The van der Waals surface area contributed by atoms with Crippen molar-refractivity contribution in [2.24, 2.45) is 0 Å². The second-order valence-electron chi connectivity index (χ2n) is 5.19. The predicted octanol–water partition coefficient (Wildman–Crippen LogP) is 3.14. The maximum absolute atomic E-state index is 4.54. The molecule has 0 bridgehead atoms. The van der Waals surface area contributed by atoms with Gasteiger partial charge >= 0.3 is 0 Å². The van der Waals surface area contributed by atoms with Crippen LogP contribution in [0.25, 0.3) is 0 Å². The average Bonchev–Trinajstić information content (AvgIpc) is 2.16. The number of rotatable bonds is 4. The number of aryl methyl sites for hydroxylation is 2. The minimum absolute atomic E-state index is 1.04. The molecule has 0 aliphatic rings. The topological polar surface area (TPSA) is 12.9 Å². The summed E-state index contributed by atoms with van der Waals surface area (Å²) in [5, 5.41) is 1.54. The third-order valence-corrected chi connectivity index (χ3v) is 4.80. The van der Waals surface area contributed by atoms with Crippen molar-refractivity contribution in [1.29, 1.82) is 0 Å². The van der Waals surface area contributed by atoms with Gasteiger partial charge in [0.25, 0.3) is 0 Å². The Morgan fingerprint density at radius 3 is 2.33 bits per heavy atom. The smallest absolute Gasteiger partial charge is 0.0799 e. The van der Waals surface area contributed by atoms with Crippen LogP contribution in [0.3, 0.4) is 0 Å². The second kappa shape index (κ2) is 4.93. The van der Waals surface area contributed by atoms with Crippen LogP contribution < -0.4 is 5.19 Å². The summed E-state index contributed by atoms with van der Waals surface area (Å²) in [7, 11) is -1.21. The first-order chi connectivity index (χ1) is 6.99. The molecule has 1 aromatic heterocycles. The molecule has 0 aromatic carbocycles. The summed E-state index contributed by atoms with van der Waals surface area (Å²) < 4.78 is 0. The largest absolute Gasteiger partial charge is 0.261 e. The Morgan fingerprint density at radius 2 is 1.87 bits per heavy atom. The maximum atomic E-state index is 4.54. The van der Waals surface area contributed by atoms with E-state index in [0.29, 0.717) is 0 Å². The molecule has 0 spiro atoms. The molecule has 0 saturated carbocycles. The lowest BCUT2D eigenvalue weighted by Crippen LogP contribution is -2.40. The van der Waals surface area contributed by atoms with Gasteiger partial charge < -0.3 is 0 Å². The van der Waals surface area contributed by atoms with E-state index in [1.54, 1.807) is 10.8 Å². The van der Waals surface area contributed by atoms with E-state index in [4.69, 9.17) is 0 Å². The Morgan fingerprint density at radius 1 is 1.20 bits per heavy atom. The lowest BCUT2D eigenvalue weighted by Gasteiger charge is -2.21. The quantitative estimate of drug-likeness (QED) is 0.712. The van der Waals surface area contributed by atoms with Crippen LogP contribution in [0.5, 0.6) is 0 Å². The molecule has 0 aliphatic carbocycles. The Balaban J connectivity index is 3.15. The molecule has 0 aliphatic heterocycles. The van der Waals surface area contributed by atoms with Crippen molar-refractivity contribution in [3.8, 4) is 0 Å². The molecule has 15 heavy (non-hydrogen) atoms. The van der Waals surface area contributed by atoms with Crippen molar-refractivity contribution in [2.45, 2.75) is 52.8 Å². The Labute approximate surface area is 95.0 Å². The molecule has 0 atom stereocenters. The van der Waals surface area contributed by atoms with E-state index in [0.717, 1.165) is 6.42 Å².